The second-order valence-corrected chi connectivity index (χ2v) is 6.68. The van der Waals surface area contributed by atoms with Crippen molar-refractivity contribution in [2.24, 2.45) is 0 Å². The molecule has 19 heavy (non-hydrogen) atoms. The Morgan fingerprint density at radius 2 is 1.47 bits per heavy atom. The molecule has 0 spiro atoms. The zero-order valence-electron chi connectivity index (χ0n) is 10.9. The molecule has 0 aliphatic rings. The van der Waals surface area contributed by atoms with Crippen LogP contribution in [-0.4, -0.2) is 29.1 Å². The molecular formula is C11H14F4O3Si. The van der Waals surface area contributed by atoms with Crippen LogP contribution in [0.25, 0.3) is 0 Å². The highest BCUT2D eigenvalue weighted by atomic mass is 28.4. The van der Waals surface area contributed by atoms with Crippen LogP contribution < -0.4 is 5.19 Å². The lowest BCUT2D eigenvalue weighted by Gasteiger charge is -2.28. The lowest BCUT2D eigenvalue weighted by atomic mass is 10.3. The van der Waals surface area contributed by atoms with Gasteiger partial charge in [-0.25, -0.2) is 17.6 Å². The van der Waals surface area contributed by atoms with E-state index in [0.29, 0.717) is 6.07 Å². The molecule has 1 aromatic carbocycles. The number of hydrogen-bond acceptors (Lipinski definition) is 3. The Balaban J connectivity index is 3.47. The number of benzene rings is 1. The van der Waals surface area contributed by atoms with Crippen molar-refractivity contribution >= 4 is 14.0 Å². The third-order valence-electron chi connectivity index (χ3n) is 2.36. The summed E-state index contributed by atoms with van der Waals surface area (Å²) in [6, 6.07) is 0.495. The molecule has 0 amide bonds. The van der Waals surface area contributed by atoms with E-state index >= 15 is 0 Å². The van der Waals surface area contributed by atoms with E-state index in [1.165, 1.54) is 0 Å². The first-order chi connectivity index (χ1) is 8.79. The van der Waals surface area contributed by atoms with Crippen molar-refractivity contribution in [1.29, 1.82) is 0 Å². The van der Waals surface area contributed by atoms with Gasteiger partial charge in [0.25, 0.3) is 0 Å². The van der Waals surface area contributed by atoms with Crippen molar-refractivity contribution in [2.45, 2.75) is 20.0 Å². The Hall–Kier alpha value is -0.963. The minimum Gasteiger partial charge on any atom is -0.373 e. The van der Waals surface area contributed by atoms with Crippen LogP contribution in [0.2, 0.25) is 0 Å². The molecule has 0 aliphatic carbocycles. The molecule has 0 saturated carbocycles. The Morgan fingerprint density at radius 1 is 0.947 bits per heavy atom. The smallest absolute Gasteiger partial charge is 0.373 e. The van der Waals surface area contributed by atoms with Gasteiger partial charge in [0.15, 0.2) is 23.3 Å². The Bertz CT molecular complexity index is 464. The Labute approximate surface area is 109 Å². The average molecular weight is 298 g/mol. The van der Waals surface area contributed by atoms with Crippen LogP contribution in [0.3, 0.4) is 0 Å². The summed E-state index contributed by atoms with van der Waals surface area (Å²) in [6.45, 7) is 3.24. The summed E-state index contributed by atoms with van der Waals surface area (Å²) < 4.78 is 68.6. The van der Waals surface area contributed by atoms with E-state index in [9.17, 15) is 17.6 Å². The standard InChI is InChI=1S/C11H14F4O3Si/c1-6(2)18-19(16-3,17-4)8-5-7(12)9(13)11(15)10(8)14/h5-6H,1-4H3. The van der Waals surface area contributed by atoms with E-state index in [-0.39, 0.29) is 0 Å². The maximum atomic E-state index is 13.8. The van der Waals surface area contributed by atoms with Crippen molar-refractivity contribution in [1.82, 2.24) is 0 Å². The summed E-state index contributed by atoms with van der Waals surface area (Å²) in [4.78, 5) is 0. The van der Waals surface area contributed by atoms with Crippen LogP contribution in [0.4, 0.5) is 17.6 Å². The quantitative estimate of drug-likeness (QED) is 0.361. The van der Waals surface area contributed by atoms with E-state index < -0.39 is 43.4 Å². The summed E-state index contributed by atoms with van der Waals surface area (Å²) in [6.07, 6.45) is -0.442. The third kappa shape index (κ3) is 2.97. The molecule has 0 saturated heterocycles. The van der Waals surface area contributed by atoms with Gasteiger partial charge in [-0.15, -0.1) is 0 Å². The van der Waals surface area contributed by atoms with Gasteiger partial charge in [0, 0.05) is 20.3 Å². The van der Waals surface area contributed by atoms with Gasteiger partial charge in [-0.2, -0.15) is 0 Å². The highest BCUT2D eigenvalue weighted by Gasteiger charge is 2.47. The summed E-state index contributed by atoms with van der Waals surface area (Å²) in [5.74, 6) is -6.92. The van der Waals surface area contributed by atoms with Crippen molar-refractivity contribution in [3.63, 3.8) is 0 Å². The highest BCUT2D eigenvalue weighted by Crippen LogP contribution is 2.19. The van der Waals surface area contributed by atoms with Gasteiger partial charge in [-0.3, -0.25) is 0 Å². The predicted octanol–water partition coefficient (Wildman–Crippen LogP) is 2.11. The summed E-state index contributed by atoms with van der Waals surface area (Å²) in [7, 11) is -1.51. The summed E-state index contributed by atoms with van der Waals surface area (Å²) >= 11 is 0. The van der Waals surface area contributed by atoms with Crippen LogP contribution in [0.1, 0.15) is 13.8 Å². The van der Waals surface area contributed by atoms with Gasteiger partial charge in [-0.05, 0) is 19.9 Å². The van der Waals surface area contributed by atoms with Gasteiger partial charge in [0.2, 0.25) is 0 Å². The predicted molar refractivity (Wildman–Crippen MR) is 61.9 cm³/mol. The topological polar surface area (TPSA) is 27.7 Å². The normalized spacial score (nSPS) is 12.3. The zero-order valence-corrected chi connectivity index (χ0v) is 11.9. The lowest BCUT2D eigenvalue weighted by molar-refractivity contribution is 0.0828. The SMILES string of the molecule is CO[Si](OC)(OC(C)C)c1cc(F)c(F)c(F)c1F. The Kier molecular flexibility index (Phi) is 5.08. The van der Waals surface area contributed by atoms with Gasteiger partial charge in [0.1, 0.15) is 0 Å². The van der Waals surface area contributed by atoms with Crippen molar-refractivity contribution < 1.29 is 30.8 Å². The molecule has 0 radical (unpaired) electrons. The largest absolute Gasteiger partial charge is 0.540 e. The van der Waals surface area contributed by atoms with Crippen LogP contribution in [0.5, 0.6) is 0 Å². The molecule has 1 rings (SSSR count). The molecule has 0 fully saturated rings. The molecule has 0 N–H and O–H groups in total. The minimum atomic E-state index is -3.83. The number of hydrogen-bond donors (Lipinski definition) is 0. The first-order valence-corrected chi connectivity index (χ1v) is 7.13. The maximum Gasteiger partial charge on any atom is 0.540 e. The first-order valence-electron chi connectivity index (χ1n) is 5.40. The van der Waals surface area contributed by atoms with E-state index in [1.807, 2.05) is 0 Å². The first kappa shape index (κ1) is 16.1. The Morgan fingerprint density at radius 3 is 1.89 bits per heavy atom. The van der Waals surface area contributed by atoms with E-state index in [0.717, 1.165) is 14.2 Å². The average Bonchev–Trinajstić information content (AvgIpc) is 2.37. The fourth-order valence-corrected chi connectivity index (χ4v) is 3.80. The minimum absolute atomic E-state index is 0.442. The summed E-state index contributed by atoms with van der Waals surface area (Å²) in [5, 5.41) is -0.581. The fraction of sp³-hybridized carbons (Fsp3) is 0.455. The molecule has 1 aromatic rings. The molecule has 8 heteroatoms. The highest BCUT2D eigenvalue weighted by molar-refractivity contribution is 6.75. The molecule has 0 aromatic heterocycles. The van der Waals surface area contributed by atoms with E-state index in [2.05, 4.69) is 0 Å². The van der Waals surface area contributed by atoms with Gasteiger partial charge in [-0.1, -0.05) is 0 Å². The van der Waals surface area contributed by atoms with Crippen molar-refractivity contribution in [3.05, 3.63) is 29.3 Å². The van der Waals surface area contributed by atoms with Crippen molar-refractivity contribution in [2.75, 3.05) is 14.2 Å². The monoisotopic (exact) mass is 298 g/mol. The van der Waals surface area contributed by atoms with Crippen LogP contribution in [-0.2, 0) is 13.3 Å². The fourth-order valence-electron chi connectivity index (χ4n) is 1.57. The molecule has 0 atom stereocenters. The third-order valence-corrected chi connectivity index (χ3v) is 5.24. The molecular weight excluding hydrogens is 284 g/mol. The van der Waals surface area contributed by atoms with Crippen LogP contribution in [0, 0.1) is 23.3 Å². The zero-order chi connectivity index (χ0) is 14.8. The van der Waals surface area contributed by atoms with E-state index in [4.69, 9.17) is 13.3 Å². The van der Waals surface area contributed by atoms with Gasteiger partial charge in [0.05, 0.1) is 5.19 Å². The molecule has 0 bridgehead atoms. The van der Waals surface area contributed by atoms with E-state index in [1.54, 1.807) is 13.8 Å². The number of rotatable bonds is 5. The number of halogens is 4. The van der Waals surface area contributed by atoms with Gasteiger partial charge >= 0.3 is 8.80 Å². The molecule has 0 aliphatic heterocycles. The summed E-state index contributed by atoms with van der Waals surface area (Å²) in [5.41, 5.74) is 0. The van der Waals surface area contributed by atoms with Crippen molar-refractivity contribution in [3.8, 4) is 0 Å². The lowest BCUT2D eigenvalue weighted by Crippen LogP contribution is -2.58. The molecule has 3 nitrogen and oxygen atoms in total. The maximum absolute atomic E-state index is 13.8. The van der Waals surface area contributed by atoms with Crippen LogP contribution in [0.15, 0.2) is 6.07 Å². The molecule has 108 valence electrons. The second kappa shape index (κ2) is 5.99. The van der Waals surface area contributed by atoms with Crippen LogP contribution >= 0.6 is 0 Å². The molecule has 0 heterocycles. The molecule has 0 unspecified atom stereocenters. The second-order valence-electron chi connectivity index (χ2n) is 3.98. The van der Waals surface area contributed by atoms with Gasteiger partial charge < -0.3 is 13.3 Å².